The van der Waals surface area contributed by atoms with Crippen molar-refractivity contribution in [2.45, 2.75) is 54.3 Å². The summed E-state index contributed by atoms with van der Waals surface area (Å²) in [5.74, 6) is -44.9. The fraction of sp³-hybridized carbons (Fsp3) is 1.00. The third-order valence-corrected chi connectivity index (χ3v) is 3.48. The molecule has 1 atom stereocenters. The van der Waals surface area contributed by atoms with Crippen LogP contribution in [0, 0.1) is 0 Å². The van der Waals surface area contributed by atoms with Crippen molar-refractivity contribution < 1.29 is 75.0 Å². The standard InChI is InChI=1S/C11H7ClF16O/c12-3-29-2-1-5(14,15)8(20,21)6(16,17)4(13)7(18,19)9(22,23)10(24,25)11(26,27)28/h4H,1-3H2. The number of alkyl halides is 17. The van der Waals surface area contributed by atoms with Gasteiger partial charge in [-0.2, -0.15) is 65.9 Å². The van der Waals surface area contributed by atoms with Gasteiger partial charge in [-0.15, -0.1) is 0 Å². The Morgan fingerprint density at radius 1 is 0.621 bits per heavy atom. The second kappa shape index (κ2) is 8.00. The molecule has 0 amide bonds. The Morgan fingerprint density at radius 3 is 1.34 bits per heavy atom. The third-order valence-electron chi connectivity index (χ3n) is 3.32. The first-order chi connectivity index (χ1) is 12.5. The predicted molar refractivity (Wildman–Crippen MR) is 61.9 cm³/mol. The van der Waals surface area contributed by atoms with Crippen LogP contribution in [-0.2, 0) is 4.74 Å². The molecular formula is C11H7ClF16O. The normalized spacial score (nSPS) is 16.9. The molecule has 0 saturated heterocycles. The van der Waals surface area contributed by atoms with E-state index in [2.05, 4.69) is 4.74 Å². The average molecular weight is 495 g/mol. The molecule has 1 unspecified atom stereocenters. The van der Waals surface area contributed by atoms with Gasteiger partial charge in [0, 0.05) is 6.42 Å². The van der Waals surface area contributed by atoms with Crippen LogP contribution in [0.4, 0.5) is 70.2 Å². The van der Waals surface area contributed by atoms with E-state index in [1.807, 2.05) is 0 Å². The molecule has 0 heterocycles. The van der Waals surface area contributed by atoms with Gasteiger partial charge in [0.05, 0.1) is 6.61 Å². The Hall–Kier alpha value is -0.870. The van der Waals surface area contributed by atoms with E-state index < -0.39 is 67.0 Å². The van der Waals surface area contributed by atoms with Crippen LogP contribution in [0.2, 0.25) is 0 Å². The maximum absolute atomic E-state index is 13.3. The molecule has 0 aromatic carbocycles. The van der Waals surface area contributed by atoms with Gasteiger partial charge in [-0.3, -0.25) is 0 Å². The monoisotopic (exact) mass is 494 g/mol. The second-order valence-electron chi connectivity index (χ2n) is 5.30. The minimum absolute atomic E-state index is 0.972. The lowest BCUT2D eigenvalue weighted by molar-refractivity contribution is -0.421. The molecular weight excluding hydrogens is 488 g/mol. The van der Waals surface area contributed by atoms with Gasteiger partial charge in [-0.1, -0.05) is 11.6 Å². The number of ether oxygens (including phenoxy) is 1. The van der Waals surface area contributed by atoms with Gasteiger partial charge in [-0.25, -0.2) is 4.39 Å². The maximum Gasteiger partial charge on any atom is 0.460 e. The summed E-state index contributed by atoms with van der Waals surface area (Å²) in [6.07, 6.45) is -16.7. The van der Waals surface area contributed by atoms with Crippen LogP contribution in [0.1, 0.15) is 6.42 Å². The molecule has 0 rings (SSSR count). The smallest absolute Gasteiger partial charge is 0.366 e. The average Bonchev–Trinajstić information content (AvgIpc) is 2.52. The summed E-state index contributed by atoms with van der Waals surface area (Å²) in [5, 5.41) is 0. The van der Waals surface area contributed by atoms with Gasteiger partial charge in [0.1, 0.15) is 6.07 Å². The Labute approximate surface area is 154 Å². The van der Waals surface area contributed by atoms with Crippen molar-refractivity contribution in [2.24, 2.45) is 0 Å². The first-order valence-electron chi connectivity index (χ1n) is 6.58. The van der Waals surface area contributed by atoms with Crippen LogP contribution in [0.25, 0.3) is 0 Å². The van der Waals surface area contributed by atoms with Gasteiger partial charge in [-0.05, 0) is 0 Å². The highest BCUT2D eigenvalue weighted by molar-refractivity contribution is 6.17. The van der Waals surface area contributed by atoms with Gasteiger partial charge in [0.15, 0.2) is 0 Å². The lowest BCUT2D eigenvalue weighted by Gasteiger charge is -2.40. The summed E-state index contributed by atoms with van der Waals surface area (Å²) >= 11 is 4.77. The highest BCUT2D eigenvalue weighted by Crippen LogP contribution is 2.59. The highest BCUT2D eigenvalue weighted by atomic mass is 35.5. The fourth-order valence-electron chi connectivity index (χ4n) is 1.59. The molecule has 0 aliphatic carbocycles. The number of rotatable bonds is 10. The molecule has 0 aliphatic heterocycles. The SMILES string of the molecule is FC(C(F)(F)C(F)(F)C(F)(F)CCOCCl)C(F)(F)C(F)(F)C(F)(F)C(F)(F)F. The van der Waals surface area contributed by atoms with Gasteiger partial charge in [0.2, 0.25) is 6.17 Å². The van der Waals surface area contributed by atoms with Crippen LogP contribution >= 0.6 is 11.6 Å². The largest absolute Gasteiger partial charge is 0.460 e. The first kappa shape index (κ1) is 28.1. The van der Waals surface area contributed by atoms with Gasteiger partial charge >= 0.3 is 41.7 Å². The molecule has 0 aliphatic rings. The molecule has 0 bridgehead atoms. The third kappa shape index (κ3) is 4.44. The molecule has 18 heteroatoms. The van der Waals surface area contributed by atoms with Crippen molar-refractivity contribution in [2.75, 3.05) is 12.7 Å². The lowest BCUT2D eigenvalue weighted by Crippen LogP contribution is -2.70. The van der Waals surface area contributed by atoms with E-state index in [1.54, 1.807) is 0 Å². The van der Waals surface area contributed by atoms with E-state index in [9.17, 15) is 70.2 Å². The zero-order valence-corrected chi connectivity index (χ0v) is 13.8. The van der Waals surface area contributed by atoms with Crippen molar-refractivity contribution >= 4 is 11.6 Å². The Morgan fingerprint density at radius 2 is 1.00 bits per heavy atom. The fourth-order valence-corrected chi connectivity index (χ4v) is 1.70. The van der Waals surface area contributed by atoms with Crippen LogP contribution in [0.3, 0.4) is 0 Å². The summed E-state index contributed by atoms with van der Waals surface area (Å²) in [7, 11) is 0. The first-order valence-corrected chi connectivity index (χ1v) is 7.11. The van der Waals surface area contributed by atoms with E-state index in [4.69, 9.17) is 11.6 Å². The molecule has 0 radical (unpaired) electrons. The summed E-state index contributed by atoms with van der Waals surface area (Å²) < 4.78 is 209. The molecule has 0 N–H and O–H groups in total. The summed E-state index contributed by atoms with van der Waals surface area (Å²) in [5.41, 5.74) is 0. The number of hydrogen-bond donors (Lipinski definition) is 0. The predicted octanol–water partition coefficient (Wildman–Crippen LogP) is 6.30. The van der Waals surface area contributed by atoms with Crippen LogP contribution in [0.15, 0.2) is 0 Å². The van der Waals surface area contributed by atoms with Crippen LogP contribution in [0.5, 0.6) is 0 Å². The topological polar surface area (TPSA) is 9.23 Å². The minimum atomic E-state index is -8.08. The van der Waals surface area contributed by atoms with E-state index in [0.29, 0.717) is 0 Å². The molecule has 1 nitrogen and oxygen atoms in total. The zero-order chi connectivity index (χ0) is 23.9. The zero-order valence-electron chi connectivity index (χ0n) is 13.0. The molecule has 0 spiro atoms. The summed E-state index contributed by atoms with van der Waals surface area (Å²) in [6.45, 7) is -1.57. The molecule has 0 aromatic rings. The van der Waals surface area contributed by atoms with Crippen molar-refractivity contribution in [3.63, 3.8) is 0 Å². The van der Waals surface area contributed by atoms with Gasteiger partial charge < -0.3 is 4.74 Å². The Balaban J connectivity index is 6.18. The quantitative estimate of drug-likeness (QED) is 0.197. The number of halogens is 17. The van der Waals surface area contributed by atoms with E-state index in [1.165, 1.54) is 0 Å². The van der Waals surface area contributed by atoms with Crippen molar-refractivity contribution in [1.29, 1.82) is 0 Å². The Kier molecular flexibility index (Phi) is 7.76. The number of hydrogen-bond acceptors (Lipinski definition) is 1. The van der Waals surface area contributed by atoms with Crippen molar-refractivity contribution in [3.05, 3.63) is 0 Å². The molecule has 0 aromatic heterocycles. The Bertz CT molecular complexity index is 556. The van der Waals surface area contributed by atoms with E-state index >= 15 is 0 Å². The van der Waals surface area contributed by atoms with Gasteiger partial charge in [0.25, 0.3) is 0 Å². The van der Waals surface area contributed by atoms with E-state index in [-0.39, 0.29) is 0 Å². The molecule has 0 fully saturated rings. The van der Waals surface area contributed by atoms with Crippen molar-refractivity contribution in [3.8, 4) is 0 Å². The molecule has 176 valence electrons. The molecule has 0 saturated carbocycles. The molecule has 29 heavy (non-hydrogen) atoms. The second-order valence-corrected chi connectivity index (χ2v) is 5.52. The van der Waals surface area contributed by atoms with Crippen LogP contribution < -0.4 is 0 Å². The van der Waals surface area contributed by atoms with Crippen molar-refractivity contribution in [1.82, 2.24) is 0 Å². The van der Waals surface area contributed by atoms with Crippen LogP contribution in [-0.4, -0.2) is 60.6 Å². The summed E-state index contributed by atoms with van der Waals surface area (Å²) in [4.78, 5) is 0. The maximum atomic E-state index is 13.3. The highest BCUT2D eigenvalue weighted by Gasteiger charge is 2.88. The lowest BCUT2D eigenvalue weighted by atomic mass is 9.90. The van der Waals surface area contributed by atoms with E-state index in [0.717, 1.165) is 0 Å². The minimum Gasteiger partial charge on any atom is -0.366 e. The summed E-state index contributed by atoms with van der Waals surface area (Å²) in [6, 6.07) is -0.972.